The Morgan fingerprint density at radius 2 is 1.88 bits per heavy atom. The lowest BCUT2D eigenvalue weighted by Crippen LogP contribution is -2.42. The van der Waals surface area contributed by atoms with Gasteiger partial charge < -0.3 is 25.8 Å². The standard InChI is InChI=1S/C25H31N5OS2/c1-25(2,17-31)29-21-14-30(32-16-19-6-4-3-5-7-19)15-22-23(21)28-24(33-22)27-13-12-18-8-10-20(26)11-9-18/h3-11,14,29,31H,12-13,15-17,26H2,1-2H3,(H,27,28). The van der Waals surface area contributed by atoms with Gasteiger partial charge in [0.15, 0.2) is 5.13 Å². The average Bonchev–Trinajstić information content (AvgIpc) is 3.23. The molecule has 0 saturated heterocycles. The number of benzene rings is 2. The number of aliphatic hydroxyl groups is 1. The fraction of sp³-hybridized carbons (Fsp3) is 0.320. The third-order valence-corrected chi connectivity index (χ3v) is 7.33. The zero-order valence-corrected chi connectivity index (χ0v) is 20.7. The molecule has 5 N–H and O–H groups in total. The van der Waals surface area contributed by atoms with Crippen LogP contribution in [-0.2, 0) is 18.7 Å². The molecule has 3 aromatic rings. The number of nitrogens with one attached hydrogen (secondary N) is 2. The first kappa shape index (κ1) is 23.5. The van der Waals surface area contributed by atoms with E-state index in [4.69, 9.17) is 10.7 Å². The Bertz CT molecular complexity index is 1080. The van der Waals surface area contributed by atoms with E-state index in [2.05, 4.69) is 57.5 Å². The number of aliphatic hydroxyl groups excluding tert-OH is 1. The molecule has 4 rings (SSSR count). The smallest absolute Gasteiger partial charge is 0.183 e. The summed E-state index contributed by atoms with van der Waals surface area (Å²) in [6, 6.07) is 18.5. The quantitative estimate of drug-likeness (QED) is 0.247. The highest BCUT2D eigenvalue weighted by atomic mass is 32.2. The second-order valence-electron chi connectivity index (χ2n) is 8.75. The van der Waals surface area contributed by atoms with Crippen molar-refractivity contribution in [1.29, 1.82) is 0 Å². The summed E-state index contributed by atoms with van der Waals surface area (Å²) >= 11 is 3.47. The van der Waals surface area contributed by atoms with Gasteiger partial charge in [-0.2, -0.15) is 0 Å². The molecule has 1 aliphatic heterocycles. The number of nitrogens with zero attached hydrogens (tertiary/aromatic N) is 2. The summed E-state index contributed by atoms with van der Waals surface area (Å²) in [7, 11) is 0. The SMILES string of the molecule is CC(C)(CO)NC1=CN(SCc2ccccc2)Cc2sc(NCCc3ccc(N)cc3)nc21. The molecule has 33 heavy (non-hydrogen) atoms. The van der Waals surface area contributed by atoms with Gasteiger partial charge in [0, 0.05) is 24.2 Å². The van der Waals surface area contributed by atoms with Crippen LogP contribution < -0.4 is 16.4 Å². The first-order valence-electron chi connectivity index (χ1n) is 11.0. The highest BCUT2D eigenvalue weighted by Crippen LogP contribution is 2.36. The largest absolute Gasteiger partial charge is 0.399 e. The second-order valence-corrected chi connectivity index (χ2v) is 10.9. The Labute approximate surface area is 204 Å². The molecule has 2 aromatic carbocycles. The molecule has 0 saturated carbocycles. The monoisotopic (exact) mass is 481 g/mol. The summed E-state index contributed by atoms with van der Waals surface area (Å²) in [6.07, 6.45) is 3.02. The molecule has 0 amide bonds. The molecule has 8 heteroatoms. The second kappa shape index (κ2) is 10.5. The Morgan fingerprint density at radius 3 is 2.61 bits per heavy atom. The number of hydrogen-bond donors (Lipinski definition) is 4. The van der Waals surface area contributed by atoms with Crippen LogP contribution >= 0.6 is 23.3 Å². The molecule has 0 fully saturated rings. The molecule has 2 heterocycles. The predicted molar refractivity (Wildman–Crippen MR) is 141 cm³/mol. The molecule has 0 atom stereocenters. The normalized spacial score (nSPS) is 13.4. The number of rotatable bonds is 10. The van der Waals surface area contributed by atoms with Gasteiger partial charge in [-0.3, -0.25) is 0 Å². The van der Waals surface area contributed by atoms with Crippen molar-refractivity contribution in [2.45, 2.75) is 38.1 Å². The van der Waals surface area contributed by atoms with Crippen LogP contribution in [0.4, 0.5) is 10.8 Å². The van der Waals surface area contributed by atoms with Crippen molar-refractivity contribution in [1.82, 2.24) is 14.6 Å². The van der Waals surface area contributed by atoms with E-state index >= 15 is 0 Å². The minimum Gasteiger partial charge on any atom is -0.399 e. The van der Waals surface area contributed by atoms with Crippen molar-refractivity contribution in [3.8, 4) is 0 Å². The molecule has 0 radical (unpaired) electrons. The molecule has 0 bridgehead atoms. The van der Waals surface area contributed by atoms with E-state index in [1.165, 1.54) is 16.0 Å². The summed E-state index contributed by atoms with van der Waals surface area (Å²) in [5, 5.41) is 17.7. The maximum Gasteiger partial charge on any atom is 0.183 e. The predicted octanol–water partition coefficient (Wildman–Crippen LogP) is 4.70. The van der Waals surface area contributed by atoms with Gasteiger partial charge in [0.05, 0.1) is 29.3 Å². The first-order valence-corrected chi connectivity index (χ1v) is 12.8. The van der Waals surface area contributed by atoms with Crippen LogP contribution in [0.15, 0.2) is 60.8 Å². The number of fused-ring (bicyclic) bond motifs is 1. The van der Waals surface area contributed by atoms with Crippen molar-refractivity contribution in [2.24, 2.45) is 0 Å². The van der Waals surface area contributed by atoms with Crippen molar-refractivity contribution in [3.05, 3.63) is 82.5 Å². The maximum absolute atomic E-state index is 9.79. The maximum atomic E-state index is 9.79. The molecule has 174 valence electrons. The highest BCUT2D eigenvalue weighted by Gasteiger charge is 2.27. The van der Waals surface area contributed by atoms with Gasteiger partial charge >= 0.3 is 0 Å². The van der Waals surface area contributed by atoms with Gasteiger partial charge in [-0.15, -0.1) is 0 Å². The van der Waals surface area contributed by atoms with E-state index < -0.39 is 5.54 Å². The van der Waals surface area contributed by atoms with Crippen molar-refractivity contribution < 1.29 is 5.11 Å². The van der Waals surface area contributed by atoms with E-state index in [9.17, 15) is 5.11 Å². The van der Waals surface area contributed by atoms with Gasteiger partial charge in [-0.05, 0) is 55.5 Å². The van der Waals surface area contributed by atoms with E-state index in [0.29, 0.717) is 0 Å². The van der Waals surface area contributed by atoms with Crippen molar-refractivity contribution >= 4 is 39.8 Å². The molecule has 1 aliphatic rings. The summed E-state index contributed by atoms with van der Waals surface area (Å²) in [5.74, 6) is 0.898. The van der Waals surface area contributed by atoms with Gasteiger partial charge in [0.1, 0.15) is 5.69 Å². The van der Waals surface area contributed by atoms with E-state index in [1.54, 1.807) is 23.3 Å². The summed E-state index contributed by atoms with van der Waals surface area (Å²) < 4.78 is 2.25. The fourth-order valence-corrected chi connectivity index (χ4v) is 5.44. The van der Waals surface area contributed by atoms with Gasteiger partial charge in [-0.25, -0.2) is 4.98 Å². The molecular weight excluding hydrogens is 450 g/mol. The van der Waals surface area contributed by atoms with Crippen LogP contribution in [0.5, 0.6) is 0 Å². The van der Waals surface area contributed by atoms with Crippen molar-refractivity contribution in [2.75, 3.05) is 24.2 Å². The fourth-order valence-electron chi connectivity index (χ4n) is 3.45. The number of hydrogen-bond acceptors (Lipinski definition) is 8. The van der Waals surface area contributed by atoms with Crippen molar-refractivity contribution in [3.63, 3.8) is 0 Å². The Hall–Kier alpha value is -2.68. The highest BCUT2D eigenvalue weighted by molar-refractivity contribution is 7.96. The van der Waals surface area contributed by atoms with Crippen LogP contribution in [0.1, 0.15) is 35.5 Å². The lowest BCUT2D eigenvalue weighted by atomic mass is 10.1. The van der Waals surface area contributed by atoms with Crippen LogP contribution in [0.2, 0.25) is 0 Å². The molecule has 0 spiro atoms. The first-order chi connectivity index (χ1) is 15.9. The van der Waals surface area contributed by atoms with Crippen LogP contribution in [-0.4, -0.2) is 33.1 Å². The number of nitrogen functional groups attached to an aromatic ring is 1. The lowest BCUT2D eigenvalue weighted by Gasteiger charge is -2.31. The van der Waals surface area contributed by atoms with E-state index in [-0.39, 0.29) is 6.61 Å². The van der Waals surface area contributed by atoms with Crippen LogP contribution in [0, 0.1) is 0 Å². The number of anilines is 2. The van der Waals surface area contributed by atoms with E-state index in [1.807, 2.05) is 32.0 Å². The third-order valence-electron chi connectivity index (χ3n) is 5.30. The zero-order chi connectivity index (χ0) is 23.3. The number of nitrogens with two attached hydrogens (primary N) is 1. The van der Waals surface area contributed by atoms with Gasteiger partial charge in [0.2, 0.25) is 0 Å². The Balaban J connectivity index is 1.45. The topological polar surface area (TPSA) is 86.4 Å². The molecule has 0 unspecified atom stereocenters. The van der Waals surface area contributed by atoms with Gasteiger partial charge in [-0.1, -0.05) is 53.8 Å². The lowest BCUT2D eigenvalue weighted by molar-refractivity contribution is 0.203. The van der Waals surface area contributed by atoms with Gasteiger partial charge in [0.25, 0.3) is 0 Å². The summed E-state index contributed by atoms with van der Waals surface area (Å²) in [4.78, 5) is 6.10. The van der Waals surface area contributed by atoms with E-state index in [0.717, 1.165) is 47.5 Å². The van der Waals surface area contributed by atoms with Crippen LogP contribution in [0.3, 0.4) is 0 Å². The minimum absolute atomic E-state index is 0.0354. The number of thiazole rings is 1. The Kier molecular flexibility index (Phi) is 7.47. The minimum atomic E-state index is -0.442. The number of aromatic nitrogens is 1. The molecular formula is C25H31N5OS2. The third kappa shape index (κ3) is 6.43. The molecule has 0 aliphatic carbocycles. The molecule has 1 aromatic heterocycles. The Morgan fingerprint density at radius 1 is 1.12 bits per heavy atom. The average molecular weight is 482 g/mol. The summed E-state index contributed by atoms with van der Waals surface area (Å²) in [5.41, 5.74) is 10.6. The summed E-state index contributed by atoms with van der Waals surface area (Å²) in [6.45, 7) is 5.61. The molecule has 6 nitrogen and oxygen atoms in total. The zero-order valence-electron chi connectivity index (χ0n) is 19.0. The van der Waals surface area contributed by atoms with Crippen LogP contribution in [0.25, 0.3) is 5.70 Å².